The summed E-state index contributed by atoms with van der Waals surface area (Å²) in [4.78, 5) is 22.8. The zero-order valence-electron chi connectivity index (χ0n) is 16.2. The number of alkyl halides is 3. The molecule has 2 amide bonds. The monoisotopic (exact) mass is 437 g/mol. The molecule has 3 aromatic rings. The summed E-state index contributed by atoms with van der Waals surface area (Å²) in [5, 5.41) is 6.03. The number of pyridine rings is 2. The average molecular weight is 437 g/mol. The summed E-state index contributed by atoms with van der Waals surface area (Å²) in [6.45, 7) is 0. The van der Waals surface area contributed by atoms with Gasteiger partial charge in [0.2, 0.25) is 5.88 Å². The highest BCUT2D eigenvalue weighted by Gasteiger charge is 2.31. The van der Waals surface area contributed by atoms with Crippen molar-refractivity contribution in [2.45, 2.75) is 44.0 Å². The summed E-state index contributed by atoms with van der Waals surface area (Å²) < 4.78 is 56.9. The fourth-order valence-electron chi connectivity index (χ4n) is 3.54. The average Bonchev–Trinajstić information content (AvgIpc) is 3.11. The van der Waals surface area contributed by atoms with Crippen molar-refractivity contribution >= 4 is 22.8 Å². The van der Waals surface area contributed by atoms with Crippen molar-refractivity contribution in [3.05, 3.63) is 48.2 Å². The third kappa shape index (κ3) is 5.04. The summed E-state index contributed by atoms with van der Waals surface area (Å²) in [6.07, 6.45) is 1.28. The number of amides is 2. The van der Waals surface area contributed by atoms with Gasteiger partial charge in [-0.1, -0.05) is 0 Å². The Balaban J connectivity index is 1.26. The fourth-order valence-corrected chi connectivity index (χ4v) is 3.54. The van der Waals surface area contributed by atoms with Gasteiger partial charge in [-0.3, -0.25) is 0 Å². The van der Waals surface area contributed by atoms with Gasteiger partial charge >= 0.3 is 12.2 Å². The van der Waals surface area contributed by atoms with Crippen molar-refractivity contribution in [2.24, 2.45) is 0 Å². The van der Waals surface area contributed by atoms with Crippen LogP contribution in [0.2, 0.25) is 0 Å². The van der Waals surface area contributed by atoms with Gasteiger partial charge in [0.25, 0.3) is 0 Å². The molecule has 1 saturated carbocycles. The van der Waals surface area contributed by atoms with Crippen LogP contribution in [0.15, 0.2) is 36.8 Å². The number of aromatic amines is 1. The second-order valence-corrected chi connectivity index (χ2v) is 7.32. The highest BCUT2D eigenvalue weighted by Crippen LogP contribution is 2.30. The molecule has 164 valence electrons. The van der Waals surface area contributed by atoms with E-state index in [2.05, 4.69) is 25.6 Å². The molecule has 1 aliphatic rings. The van der Waals surface area contributed by atoms with Crippen LogP contribution in [-0.4, -0.2) is 33.1 Å². The first-order valence-corrected chi connectivity index (χ1v) is 9.68. The van der Waals surface area contributed by atoms with Gasteiger partial charge in [0.15, 0.2) is 0 Å². The number of hydrogen-bond donors (Lipinski definition) is 3. The maximum Gasteiger partial charge on any atom is 0.417 e. The van der Waals surface area contributed by atoms with E-state index in [-0.39, 0.29) is 18.0 Å². The summed E-state index contributed by atoms with van der Waals surface area (Å²) in [6, 6.07) is 2.93. The molecule has 7 nitrogen and oxygen atoms in total. The van der Waals surface area contributed by atoms with Crippen LogP contribution in [0.4, 0.5) is 28.0 Å². The Morgan fingerprint density at radius 2 is 1.90 bits per heavy atom. The first-order valence-electron chi connectivity index (χ1n) is 9.68. The van der Waals surface area contributed by atoms with Gasteiger partial charge in [-0.15, -0.1) is 0 Å². The number of carbonyl (C=O) groups excluding carboxylic acids is 1. The van der Waals surface area contributed by atoms with Crippen molar-refractivity contribution < 1.29 is 27.1 Å². The van der Waals surface area contributed by atoms with E-state index in [9.17, 15) is 22.4 Å². The summed E-state index contributed by atoms with van der Waals surface area (Å²) >= 11 is 0. The normalized spacial score (nSPS) is 19.2. The highest BCUT2D eigenvalue weighted by atomic mass is 19.4. The lowest BCUT2D eigenvalue weighted by molar-refractivity contribution is -0.137. The van der Waals surface area contributed by atoms with Crippen LogP contribution in [0.5, 0.6) is 5.88 Å². The Morgan fingerprint density at radius 3 is 2.58 bits per heavy atom. The van der Waals surface area contributed by atoms with Gasteiger partial charge in [-0.2, -0.15) is 13.2 Å². The molecule has 4 rings (SSSR count). The zero-order chi connectivity index (χ0) is 22.0. The molecule has 1 fully saturated rings. The lowest BCUT2D eigenvalue weighted by Crippen LogP contribution is -2.41. The quantitative estimate of drug-likeness (QED) is 0.519. The van der Waals surface area contributed by atoms with Gasteiger partial charge < -0.3 is 20.4 Å². The van der Waals surface area contributed by atoms with E-state index in [4.69, 9.17) is 4.74 Å². The maximum atomic E-state index is 13.4. The number of carbonyl (C=O) groups is 1. The van der Waals surface area contributed by atoms with E-state index in [1.165, 1.54) is 12.1 Å². The minimum absolute atomic E-state index is 0.0829. The summed E-state index contributed by atoms with van der Waals surface area (Å²) in [5.41, 5.74) is 0.0589. The smallest absolute Gasteiger partial charge is 0.417 e. The van der Waals surface area contributed by atoms with Gasteiger partial charge in [0.05, 0.1) is 17.4 Å². The zero-order valence-corrected chi connectivity index (χ0v) is 16.2. The van der Waals surface area contributed by atoms with Crippen molar-refractivity contribution in [3.63, 3.8) is 0 Å². The molecule has 3 N–H and O–H groups in total. The molecule has 0 bridgehead atoms. The second-order valence-electron chi connectivity index (χ2n) is 7.32. The first kappa shape index (κ1) is 20.9. The number of nitrogens with zero attached hydrogens (tertiary/aromatic N) is 2. The van der Waals surface area contributed by atoms with Crippen molar-refractivity contribution in [2.75, 3.05) is 5.32 Å². The van der Waals surface area contributed by atoms with E-state index in [0.29, 0.717) is 42.4 Å². The van der Waals surface area contributed by atoms with Crippen molar-refractivity contribution in [1.82, 2.24) is 20.3 Å². The van der Waals surface area contributed by atoms with Gasteiger partial charge in [0.1, 0.15) is 17.6 Å². The minimum Gasteiger partial charge on any atom is -0.474 e. The molecule has 1 aliphatic carbocycles. The minimum atomic E-state index is -4.44. The van der Waals surface area contributed by atoms with E-state index in [1.54, 1.807) is 6.20 Å². The van der Waals surface area contributed by atoms with E-state index in [1.807, 2.05) is 0 Å². The number of ether oxygens (including phenoxy) is 1. The third-order valence-corrected chi connectivity index (χ3v) is 5.11. The molecular weight excluding hydrogens is 418 g/mol. The van der Waals surface area contributed by atoms with Crippen LogP contribution in [0.3, 0.4) is 0 Å². The topological polar surface area (TPSA) is 91.9 Å². The van der Waals surface area contributed by atoms with Crippen LogP contribution >= 0.6 is 0 Å². The predicted octanol–water partition coefficient (Wildman–Crippen LogP) is 4.63. The number of rotatable bonds is 4. The molecule has 0 aliphatic heterocycles. The number of urea groups is 1. The van der Waals surface area contributed by atoms with Crippen molar-refractivity contribution in [1.29, 1.82) is 0 Å². The fraction of sp³-hybridized carbons (Fsp3) is 0.350. The lowest BCUT2D eigenvalue weighted by Gasteiger charge is -2.29. The maximum absolute atomic E-state index is 13.4. The van der Waals surface area contributed by atoms with Crippen molar-refractivity contribution in [3.8, 4) is 5.88 Å². The molecular formula is C20H19F4N5O2. The van der Waals surface area contributed by atoms with Crippen LogP contribution in [0.1, 0.15) is 31.2 Å². The molecule has 0 aromatic carbocycles. The number of nitrogens with one attached hydrogen (secondary N) is 3. The molecule has 11 heteroatoms. The first-order chi connectivity index (χ1) is 14.8. The molecule has 0 atom stereocenters. The molecule has 31 heavy (non-hydrogen) atoms. The largest absolute Gasteiger partial charge is 0.474 e. The molecule has 0 spiro atoms. The standard InChI is InChI=1S/C20H19F4N5O2/c21-12-7-15-16(10-27-18(15)26-9-12)29-19(30)28-13-2-4-14(5-3-13)31-17-6-1-11(8-25-17)20(22,23)24/h1,6-10,13-14H,2-5H2,(H,26,27)(H2,28,29,30)/t13-,14-. The third-order valence-electron chi connectivity index (χ3n) is 5.11. The van der Waals surface area contributed by atoms with Crippen LogP contribution in [-0.2, 0) is 6.18 Å². The van der Waals surface area contributed by atoms with Gasteiger partial charge in [-0.05, 0) is 37.8 Å². The predicted molar refractivity (Wildman–Crippen MR) is 104 cm³/mol. The number of aromatic nitrogens is 3. The Hall–Kier alpha value is -3.37. The van der Waals surface area contributed by atoms with E-state index in [0.717, 1.165) is 18.5 Å². The molecule has 3 aromatic heterocycles. The van der Waals surface area contributed by atoms with Crippen LogP contribution in [0.25, 0.3) is 11.0 Å². The Labute approximate surface area is 174 Å². The highest BCUT2D eigenvalue weighted by molar-refractivity contribution is 5.99. The van der Waals surface area contributed by atoms with Gasteiger partial charge in [0, 0.05) is 29.9 Å². The number of anilines is 1. The Bertz CT molecular complexity index is 1060. The van der Waals surface area contributed by atoms with Crippen LogP contribution in [0, 0.1) is 5.82 Å². The molecule has 0 saturated heterocycles. The lowest BCUT2D eigenvalue weighted by atomic mass is 9.93. The van der Waals surface area contributed by atoms with E-state index >= 15 is 0 Å². The second kappa shape index (κ2) is 8.40. The number of H-pyrrole nitrogens is 1. The number of fused-ring (bicyclic) bond motifs is 1. The van der Waals surface area contributed by atoms with Gasteiger partial charge in [-0.25, -0.2) is 19.2 Å². The Morgan fingerprint density at radius 1 is 1.13 bits per heavy atom. The van der Waals surface area contributed by atoms with Crippen LogP contribution < -0.4 is 15.4 Å². The molecule has 3 heterocycles. The Kier molecular flexibility index (Phi) is 5.66. The molecule has 0 unspecified atom stereocenters. The summed E-state index contributed by atoms with van der Waals surface area (Å²) in [7, 11) is 0. The molecule has 0 radical (unpaired) electrons. The SMILES string of the molecule is O=C(Nc1c[nH]c2ncc(F)cc12)N[C@H]1CC[C@H](Oc2ccc(C(F)(F)F)cn2)CC1. The number of halogens is 4. The number of hydrogen-bond acceptors (Lipinski definition) is 4. The van der Waals surface area contributed by atoms with E-state index < -0.39 is 23.6 Å². The summed E-state index contributed by atoms with van der Waals surface area (Å²) in [5.74, 6) is -0.362.